The second-order valence-electron chi connectivity index (χ2n) is 7.08. The van der Waals surface area contributed by atoms with E-state index in [-0.39, 0.29) is 28.7 Å². The van der Waals surface area contributed by atoms with Gasteiger partial charge in [0, 0.05) is 17.4 Å². The highest BCUT2D eigenvalue weighted by Crippen LogP contribution is 2.41. The van der Waals surface area contributed by atoms with E-state index in [0.717, 1.165) is 17.0 Å². The summed E-state index contributed by atoms with van der Waals surface area (Å²) in [7, 11) is -3.08. The molecule has 8 heteroatoms. The van der Waals surface area contributed by atoms with Gasteiger partial charge in [-0.05, 0) is 29.8 Å². The van der Waals surface area contributed by atoms with Crippen molar-refractivity contribution in [3.8, 4) is 5.75 Å². The molecule has 2 heterocycles. The average Bonchev–Trinajstić information content (AvgIpc) is 3.18. The Bertz CT molecular complexity index is 1020. The largest absolute Gasteiger partial charge is 0.489 e. The number of anilines is 1. The van der Waals surface area contributed by atoms with Crippen molar-refractivity contribution in [1.29, 1.82) is 0 Å². The molecule has 0 unspecified atom stereocenters. The normalized spacial score (nSPS) is 23.9. The summed E-state index contributed by atoms with van der Waals surface area (Å²) in [5.74, 6) is 0.721. The SMILES string of the molecule is CCC(=O)N=C1S[C@H]2CS(=O)(=O)C[C@H]2N1c1ccc(OCc2ccccc2)cc1. The lowest BCUT2D eigenvalue weighted by Crippen LogP contribution is -2.37. The quantitative estimate of drug-likeness (QED) is 0.725. The first-order valence-corrected chi connectivity index (χ1v) is 12.2. The number of aliphatic imine (C=N–C) groups is 1. The van der Waals surface area contributed by atoms with Crippen LogP contribution in [0.25, 0.3) is 0 Å². The summed E-state index contributed by atoms with van der Waals surface area (Å²) in [6.07, 6.45) is 0.317. The van der Waals surface area contributed by atoms with E-state index in [1.807, 2.05) is 59.5 Å². The summed E-state index contributed by atoms with van der Waals surface area (Å²) in [6.45, 7) is 2.24. The first-order chi connectivity index (χ1) is 13.9. The fraction of sp³-hybridized carbons (Fsp3) is 0.333. The van der Waals surface area contributed by atoms with Gasteiger partial charge in [0.15, 0.2) is 15.0 Å². The molecule has 0 spiro atoms. The number of thioether (sulfide) groups is 1. The lowest BCUT2D eigenvalue weighted by atomic mass is 10.2. The summed E-state index contributed by atoms with van der Waals surface area (Å²) in [4.78, 5) is 18.0. The lowest BCUT2D eigenvalue weighted by Gasteiger charge is -2.24. The number of ether oxygens (including phenoxy) is 1. The van der Waals surface area contributed by atoms with E-state index in [9.17, 15) is 13.2 Å². The zero-order valence-electron chi connectivity index (χ0n) is 16.0. The van der Waals surface area contributed by atoms with Crippen LogP contribution < -0.4 is 9.64 Å². The predicted molar refractivity (Wildman–Crippen MR) is 116 cm³/mol. The maximum absolute atomic E-state index is 12.1. The Morgan fingerprint density at radius 1 is 1.14 bits per heavy atom. The summed E-state index contributed by atoms with van der Waals surface area (Å²) in [6, 6.07) is 17.2. The number of rotatable bonds is 5. The number of fused-ring (bicyclic) bond motifs is 1. The third-order valence-electron chi connectivity index (χ3n) is 4.95. The number of carbonyl (C=O) groups excluding carboxylic acids is 1. The standard InChI is InChI=1S/C21H22N2O4S2/c1-2-20(24)22-21-23(18-13-29(25,26)14-19(18)28-21)16-8-10-17(11-9-16)27-12-15-6-4-3-5-7-15/h3-11,18-19H,2,12-14H2,1H3/t18-,19+/m1/s1. The molecule has 152 valence electrons. The third-order valence-corrected chi connectivity index (χ3v) is 8.16. The van der Waals surface area contributed by atoms with E-state index in [2.05, 4.69) is 4.99 Å². The highest BCUT2D eigenvalue weighted by molar-refractivity contribution is 8.16. The molecule has 0 aliphatic carbocycles. The monoisotopic (exact) mass is 430 g/mol. The Hall–Kier alpha value is -2.32. The molecule has 2 atom stereocenters. The highest BCUT2D eigenvalue weighted by atomic mass is 32.2. The van der Waals surface area contributed by atoms with Crippen molar-refractivity contribution < 1.29 is 17.9 Å². The average molecular weight is 431 g/mol. The lowest BCUT2D eigenvalue weighted by molar-refractivity contribution is -0.117. The Kier molecular flexibility index (Phi) is 5.65. The second kappa shape index (κ2) is 8.20. The molecule has 2 saturated heterocycles. The van der Waals surface area contributed by atoms with Crippen LogP contribution in [0.3, 0.4) is 0 Å². The molecule has 2 fully saturated rings. The Balaban J connectivity index is 1.55. The van der Waals surface area contributed by atoms with Gasteiger partial charge in [-0.3, -0.25) is 4.79 Å². The zero-order chi connectivity index (χ0) is 20.4. The fourth-order valence-electron chi connectivity index (χ4n) is 3.50. The molecule has 0 radical (unpaired) electrons. The number of amidine groups is 1. The van der Waals surface area contributed by atoms with Gasteiger partial charge in [0.2, 0.25) is 5.91 Å². The number of benzene rings is 2. The molecule has 2 aliphatic rings. The van der Waals surface area contributed by atoms with Crippen LogP contribution in [-0.2, 0) is 21.2 Å². The number of hydrogen-bond donors (Lipinski definition) is 0. The van der Waals surface area contributed by atoms with Crippen LogP contribution in [-0.4, -0.2) is 42.3 Å². The van der Waals surface area contributed by atoms with Gasteiger partial charge in [-0.2, -0.15) is 4.99 Å². The number of carbonyl (C=O) groups is 1. The van der Waals surface area contributed by atoms with Gasteiger partial charge >= 0.3 is 0 Å². The summed E-state index contributed by atoms with van der Waals surface area (Å²) >= 11 is 1.39. The minimum Gasteiger partial charge on any atom is -0.489 e. The van der Waals surface area contributed by atoms with Crippen LogP contribution >= 0.6 is 11.8 Å². The number of hydrogen-bond acceptors (Lipinski definition) is 5. The molecule has 29 heavy (non-hydrogen) atoms. The van der Waals surface area contributed by atoms with Crippen molar-refractivity contribution in [3.63, 3.8) is 0 Å². The molecule has 2 aliphatic heterocycles. The number of amides is 1. The van der Waals surface area contributed by atoms with Gasteiger partial charge in [-0.15, -0.1) is 0 Å². The van der Waals surface area contributed by atoms with Gasteiger partial charge in [0.1, 0.15) is 12.4 Å². The van der Waals surface area contributed by atoms with Crippen molar-refractivity contribution in [3.05, 3.63) is 60.2 Å². The first-order valence-electron chi connectivity index (χ1n) is 9.50. The molecule has 2 aromatic carbocycles. The minimum absolute atomic E-state index is 0.0796. The van der Waals surface area contributed by atoms with Crippen LogP contribution in [0.1, 0.15) is 18.9 Å². The predicted octanol–water partition coefficient (Wildman–Crippen LogP) is 3.28. The Morgan fingerprint density at radius 2 is 1.86 bits per heavy atom. The molecule has 0 N–H and O–H groups in total. The van der Waals surface area contributed by atoms with Crippen molar-refractivity contribution in [1.82, 2.24) is 0 Å². The van der Waals surface area contributed by atoms with Gasteiger partial charge in [-0.25, -0.2) is 8.42 Å². The Morgan fingerprint density at radius 3 is 2.55 bits per heavy atom. The van der Waals surface area contributed by atoms with Crippen molar-refractivity contribution in [2.45, 2.75) is 31.2 Å². The van der Waals surface area contributed by atoms with Crippen LogP contribution in [0.5, 0.6) is 5.75 Å². The van der Waals surface area contributed by atoms with Gasteiger partial charge < -0.3 is 9.64 Å². The minimum atomic E-state index is -3.08. The van der Waals surface area contributed by atoms with Crippen LogP contribution in [0.15, 0.2) is 59.6 Å². The van der Waals surface area contributed by atoms with Crippen molar-refractivity contribution in [2.75, 3.05) is 16.4 Å². The number of nitrogens with zero attached hydrogens (tertiary/aromatic N) is 2. The van der Waals surface area contributed by atoms with Gasteiger partial charge in [0.05, 0.1) is 17.5 Å². The first kappa shape index (κ1) is 20.0. The van der Waals surface area contributed by atoms with Gasteiger partial charge in [0.25, 0.3) is 0 Å². The van der Waals surface area contributed by atoms with E-state index in [1.54, 1.807) is 6.92 Å². The molecule has 0 bridgehead atoms. The second-order valence-corrected chi connectivity index (χ2v) is 10.4. The summed E-state index contributed by atoms with van der Waals surface area (Å²) in [5.41, 5.74) is 1.90. The van der Waals surface area contributed by atoms with Gasteiger partial charge in [-0.1, -0.05) is 49.0 Å². The zero-order valence-corrected chi connectivity index (χ0v) is 17.7. The molecule has 4 rings (SSSR count). The molecule has 0 aromatic heterocycles. The molecule has 6 nitrogen and oxygen atoms in total. The maximum atomic E-state index is 12.1. The van der Waals surface area contributed by atoms with Crippen LogP contribution in [0, 0.1) is 0 Å². The van der Waals surface area contributed by atoms with E-state index < -0.39 is 9.84 Å². The smallest absolute Gasteiger partial charge is 0.247 e. The van der Waals surface area contributed by atoms with Crippen LogP contribution in [0.2, 0.25) is 0 Å². The Labute approximate surface area is 174 Å². The summed E-state index contributed by atoms with van der Waals surface area (Å²) < 4.78 is 30.1. The topological polar surface area (TPSA) is 76.0 Å². The summed E-state index contributed by atoms with van der Waals surface area (Å²) in [5, 5.41) is 0.483. The highest BCUT2D eigenvalue weighted by Gasteiger charge is 2.49. The third kappa shape index (κ3) is 4.48. The van der Waals surface area contributed by atoms with E-state index in [0.29, 0.717) is 18.2 Å². The number of sulfone groups is 1. The fourth-order valence-corrected chi connectivity index (χ4v) is 7.43. The van der Waals surface area contributed by atoms with E-state index in [1.165, 1.54) is 11.8 Å². The molecular weight excluding hydrogens is 408 g/mol. The molecular formula is C21H22N2O4S2. The maximum Gasteiger partial charge on any atom is 0.247 e. The molecule has 2 aromatic rings. The van der Waals surface area contributed by atoms with Crippen molar-refractivity contribution >= 4 is 38.4 Å². The van der Waals surface area contributed by atoms with E-state index >= 15 is 0 Å². The molecule has 0 saturated carbocycles. The van der Waals surface area contributed by atoms with Crippen molar-refractivity contribution in [2.24, 2.45) is 4.99 Å². The van der Waals surface area contributed by atoms with E-state index in [4.69, 9.17) is 4.74 Å². The van der Waals surface area contributed by atoms with Crippen LogP contribution in [0.4, 0.5) is 5.69 Å². The molecule has 1 amide bonds.